The van der Waals surface area contributed by atoms with E-state index in [0.29, 0.717) is 5.82 Å². The molecule has 4 heterocycles. The first-order valence-electron chi connectivity index (χ1n) is 24.1. The molecule has 0 saturated carbocycles. The summed E-state index contributed by atoms with van der Waals surface area (Å²) < 4.78 is 11.8. The van der Waals surface area contributed by atoms with Crippen molar-refractivity contribution in [3.63, 3.8) is 0 Å². The molecule has 0 bridgehead atoms. The standard InChI is InChI=1S/C65H41N3OS/c1-4-17-40(18-5-1)54-39-55(67-64(66-54)41-19-6-2-7-20-41)47-24-16-27-53-61(47)49-37-42(32-35-50(49)65(53)51-25-11-14-29-57(51)69-58-30-15-12-26-52(58)65)43-31-33-48-60(38-43)70-59-36-34-46-45-23-10-13-28-56(45)68(63(46)62(48)59)44-21-8-3-9-22-44/h1-36,38-39,42H,37H2. The van der Waals surface area contributed by atoms with Gasteiger partial charge in [-0.05, 0) is 82.8 Å². The average molecular weight is 912 g/mol. The highest BCUT2D eigenvalue weighted by Crippen LogP contribution is 2.64. The van der Waals surface area contributed by atoms with Gasteiger partial charge >= 0.3 is 0 Å². The molecule has 328 valence electrons. The quantitative estimate of drug-likeness (QED) is 0.173. The monoisotopic (exact) mass is 911 g/mol. The summed E-state index contributed by atoms with van der Waals surface area (Å²) in [5.74, 6) is 2.61. The van der Waals surface area contributed by atoms with E-state index in [-0.39, 0.29) is 5.92 Å². The molecule has 1 atom stereocenters. The van der Waals surface area contributed by atoms with Crippen molar-refractivity contribution in [3.05, 3.63) is 264 Å². The summed E-state index contributed by atoms with van der Waals surface area (Å²) in [5, 5.41) is 5.16. The number of rotatable bonds is 5. The van der Waals surface area contributed by atoms with E-state index in [9.17, 15) is 0 Å². The highest BCUT2D eigenvalue weighted by molar-refractivity contribution is 7.26. The smallest absolute Gasteiger partial charge is 0.160 e. The third kappa shape index (κ3) is 5.64. The highest BCUT2D eigenvalue weighted by Gasteiger charge is 2.53. The lowest BCUT2D eigenvalue weighted by Gasteiger charge is -2.40. The Morgan fingerprint density at radius 3 is 1.97 bits per heavy atom. The maximum atomic E-state index is 6.77. The molecule has 4 nitrogen and oxygen atoms in total. The van der Waals surface area contributed by atoms with Crippen molar-refractivity contribution < 1.29 is 4.74 Å². The minimum absolute atomic E-state index is 0.135. The van der Waals surface area contributed by atoms with Crippen LogP contribution in [0.2, 0.25) is 0 Å². The van der Waals surface area contributed by atoms with E-state index in [1.165, 1.54) is 75.5 Å². The molecule has 5 heteroatoms. The topological polar surface area (TPSA) is 39.9 Å². The van der Waals surface area contributed by atoms with Crippen LogP contribution in [-0.4, -0.2) is 14.5 Å². The molecular weight excluding hydrogens is 871 g/mol. The van der Waals surface area contributed by atoms with Crippen molar-refractivity contribution in [2.24, 2.45) is 0 Å². The number of benzene rings is 9. The number of thiophene rings is 1. The molecular formula is C65H41N3OS. The van der Waals surface area contributed by atoms with Crippen LogP contribution in [0.25, 0.3) is 87.1 Å². The number of hydrogen-bond acceptors (Lipinski definition) is 4. The van der Waals surface area contributed by atoms with E-state index in [0.717, 1.165) is 57.1 Å². The number of aromatic nitrogens is 3. The normalized spacial score (nSPS) is 15.3. The molecule has 70 heavy (non-hydrogen) atoms. The molecule has 3 aliphatic rings. The van der Waals surface area contributed by atoms with Gasteiger partial charge in [-0.25, -0.2) is 9.97 Å². The van der Waals surface area contributed by atoms with Crippen LogP contribution in [0.3, 0.4) is 0 Å². The molecule has 3 aromatic heterocycles. The molecule has 1 spiro atoms. The molecule has 2 aliphatic carbocycles. The van der Waals surface area contributed by atoms with Crippen LogP contribution in [0.5, 0.6) is 11.5 Å². The Hall–Kier alpha value is -8.64. The van der Waals surface area contributed by atoms with E-state index < -0.39 is 5.41 Å². The van der Waals surface area contributed by atoms with Crippen molar-refractivity contribution in [1.29, 1.82) is 0 Å². The van der Waals surface area contributed by atoms with E-state index >= 15 is 0 Å². The summed E-state index contributed by atoms with van der Waals surface area (Å²) in [6.07, 6.45) is 5.75. The number of fused-ring (bicyclic) bond motifs is 15. The maximum Gasteiger partial charge on any atom is 0.160 e. The lowest BCUT2D eigenvalue weighted by Crippen LogP contribution is -2.33. The van der Waals surface area contributed by atoms with Crippen LogP contribution in [0.4, 0.5) is 0 Å². The molecule has 15 rings (SSSR count). The van der Waals surface area contributed by atoms with Gasteiger partial charge in [-0.15, -0.1) is 11.3 Å². The second-order valence-electron chi connectivity index (χ2n) is 18.7. The van der Waals surface area contributed by atoms with Gasteiger partial charge in [-0.3, -0.25) is 0 Å². The fraction of sp³-hybridized carbons (Fsp3) is 0.0462. The van der Waals surface area contributed by atoms with E-state index in [1.54, 1.807) is 0 Å². The number of hydrogen-bond donors (Lipinski definition) is 0. The van der Waals surface area contributed by atoms with Crippen molar-refractivity contribution in [1.82, 2.24) is 14.5 Å². The summed E-state index contributed by atoms with van der Waals surface area (Å²) >= 11 is 1.90. The summed E-state index contributed by atoms with van der Waals surface area (Å²) in [4.78, 5) is 10.7. The molecule has 1 unspecified atom stereocenters. The third-order valence-electron chi connectivity index (χ3n) is 15.1. The molecule has 0 radical (unpaired) electrons. The van der Waals surface area contributed by atoms with E-state index in [4.69, 9.17) is 14.7 Å². The summed E-state index contributed by atoms with van der Waals surface area (Å²) in [6, 6.07) is 78.7. The predicted octanol–water partition coefficient (Wildman–Crippen LogP) is 16.9. The Kier molecular flexibility index (Phi) is 8.54. The molecule has 0 fully saturated rings. The van der Waals surface area contributed by atoms with Crippen molar-refractivity contribution in [2.75, 3.05) is 0 Å². The Morgan fingerprint density at radius 2 is 1.19 bits per heavy atom. The SMILES string of the molecule is C1=CC(c2ccc3c(c2)sc2ccc4c5ccccc5n(-c5ccccc5)c4c23)CC2=C1C1(c3ccccc3Oc3ccccc31)c1cccc(-c3cc(-c4ccccc4)nc(-c4ccccc4)n3)c12. The minimum Gasteiger partial charge on any atom is -0.457 e. The first-order valence-corrected chi connectivity index (χ1v) is 24.9. The summed E-state index contributed by atoms with van der Waals surface area (Å²) in [7, 11) is 0. The van der Waals surface area contributed by atoms with Gasteiger partial charge < -0.3 is 9.30 Å². The zero-order chi connectivity index (χ0) is 45.9. The van der Waals surface area contributed by atoms with E-state index in [1.807, 2.05) is 17.4 Å². The van der Waals surface area contributed by atoms with Gasteiger partial charge in [-0.1, -0.05) is 182 Å². The molecule has 12 aromatic rings. The Labute approximate surface area is 408 Å². The van der Waals surface area contributed by atoms with Gasteiger partial charge in [0, 0.05) is 70.4 Å². The first kappa shape index (κ1) is 39.4. The van der Waals surface area contributed by atoms with Crippen LogP contribution >= 0.6 is 11.3 Å². The van der Waals surface area contributed by atoms with Crippen LogP contribution in [0.15, 0.2) is 236 Å². The van der Waals surface area contributed by atoms with Crippen LogP contribution in [-0.2, 0) is 5.41 Å². The molecule has 0 saturated heterocycles. The molecule has 9 aromatic carbocycles. The van der Waals surface area contributed by atoms with Crippen LogP contribution in [0.1, 0.15) is 40.2 Å². The van der Waals surface area contributed by atoms with Gasteiger partial charge in [0.15, 0.2) is 5.82 Å². The number of nitrogens with zero attached hydrogens (tertiary/aromatic N) is 3. The fourth-order valence-electron chi connectivity index (χ4n) is 12.1. The van der Waals surface area contributed by atoms with Gasteiger partial charge in [0.2, 0.25) is 0 Å². The van der Waals surface area contributed by atoms with Crippen molar-refractivity contribution in [2.45, 2.75) is 17.8 Å². The zero-order valence-corrected chi connectivity index (χ0v) is 38.7. The minimum atomic E-state index is -0.608. The fourth-order valence-corrected chi connectivity index (χ4v) is 13.3. The van der Waals surface area contributed by atoms with E-state index in [2.05, 4.69) is 229 Å². The third-order valence-corrected chi connectivity index (χ3v) is 16.2. The second-order valence-corrected chi connectivity index (χ2v) is 19.8. The summed E-state index contributed by atoms with van der Waals surface area (Å²) in [5.41, 5.74) is 16.8. The Balaban J connectivity index is 0.937. The Bertz CT molecular complexity index is 4080. The molecule has 1 aliphatic heterocycles. The zero-order valence-electron chi connectivity index (χ0n) is 37.9. The van der Waals surface area contributed by atoms with Gasteiger partial charge in [0.25, 0.3) is 0 Å². The largest absolute Gasteiger partial charge is 0.457 e. The number of para-hydroxylation sites is 4. The average Bonchev–Trinajstić information content (AvgIpc) is 4.07. The number of ether oxygens (including phenoxy) is 1. The van der Waals surface area contributed by atoms with Gasteiger partial charge in [0.05, 0.1) is 27.8 Å². The molecule has 0 amide bonds. The Morgan fingerprint density at radius 1 is 0.529 bits per heavy atom. The lowest BCUT2D eigenvalue weighted by molar-refractivity contribution is 0.435. The van der Waals surface area contributed by atoms with Crippen molar-refractivity contribution >= 4 is 58.9 Å². The number of allylic oxidation sites excluding steroid dienone is 4. The predicted molar refractivity (Wildman–Crippen MR) is 288 cm³/mol. The van der Waals surface area contributed by atoms with Gasteiger partial charge in [-0.2, -0.15) is 0 Å². The summed E-state index contributed by atoms with van der Waals surface area (Å²) in [6.45, 7) is 0. The first-order chi connectivity index (χ1) is 34.7. The van der Waals surface area contributed by atoms with Crippen LogP contribution in [0, 0.1) is 0 Å². The second kappa shape index (κ2) is 15.2. The lowest BCUT2D eigenvalue weighted by atomic mass is 9.64. The molecule has 0 N–H and O–H groups in total. The highest BCUT2D eigenvalue weighted by atomic mass is 32.1. The van der Waals surface area contributed by atoms with Gasteiger partial charge in [0.1, 0.15) is 11.5 Å². The van der Waals surface area contributed by atoms with Crippen LogP contribution < -0.4 is 4.74 Å². The van der Waals surface area contributed by atoms with Crippen molar-refractivity contribution in [3.8, 4) is 51.1 Å². The maximum absolute atomic E-state index is 6.77.